The van der Waals surface area contributed by atoms with Crippen LogP contribution in [-0.4, -0.2) is 12.5 Å². The molecule has 1 amide bonds. The molecule has 0 saturated carbocycles. The third-order valence-electron chi connectivity index (χ3n) is 1.79. The van der Waals surface area contributed by atoms with Gasteiger partial charge in [-0.15, -0.1) is 0 Å². The van der Waals surface area contributed by atoms with Crippen molar-refractivity contribution >= 4 is 5.91 Å². The number of hydrogen-bond acceptors (Lipinski definition) is 3. The highest BCUT2D eigenvalue weighted by molar-refractivity contribution is 5.93. The van der Waals surface area contributed by atoms with Crippen molar-refractivity contribution in [3.05, 3.63) is 35.4 Å². The molecule has 0 aliphatic rings. The fourth-order valence-electron chi connectivity index (χ4n) is 1.11. The van der Waals surface area contributed by atoms with Crippen LogP contribution < -0.4 is 11.3 Å². The Morgan fingerprint density at radius 1 is 1.57 bits per heavy atom. The molecule has 4 nitrogen and oxygen atoms in total. The molecule has 76 valence electrons. The number of nitrogens with two attached hydrogens (primary N) is 1. The first kappa shape index (κ1) is 10.7. The average molecular weight is 194 g/mol. The zero-order valence-electron chi connectivity index (χ0n) is 8.12. The molecular weight excluding hydrogens is 180 g/mol. The lowest BCUT2D eigenvalue weighted by Gasteiger charge is -2.04. The van der Waals surface area contributed by atoms with Gasteiger partial charge in [0.1, 0.15) is 0 Å². The van der Waals surface area contributed by atoms with Crippen molar-refractivity contribution in [1.82, 2.24) is 5.43 Å². The predicted octanol–water partition coefficient (Wildman–Crippen LogP) is 0.827. The van der Waals surface area contributed by atoms with E-state index in [4.69, 9.17) is 10.6 Å². The lowest BCUT2D eigenvalue weighted by Crippen LogP contribution is -2.29. The van der Waals surface area contributed by atoms with E-state index >= 15 is 0 Å². The summed E-state index contributed by atoms with van der Waals surface area (Å²) in [7, 11) is 0. The number of rotatable bonds is 4. The van der Waals surface area contributed by atoms with E-state index in [-0.39, 0.29) is 5.91 Å². The molecule has 0 aliphatic carbocycles. The van der Waals surface area contributed by atoms with Gasteiger partial charge in [-0.1, -0.05) is 12.1 Å². The summed E-state index contributed by atoms with van der Waals surface area (Å²) in [6.07, 6.45) is 0. The topological polar surface area (TPSA) is 64.3 Å². The van der Waals surface area contributed by atoms with E-state index in [0.29, 0.717) is 18.8 Å². The van der Waals surface area contributed by atoms with Crippen molar-refractivity contribution in [3.8, 4) is 0 Å². The summed E-state index contributed by atoms with van der Waals surface area (Å²) in [5.41, 5.74) is 3.60. The highest BCUT2D eigenvalue weighted by Crippen LogP contribution is 2.06. The smallest absolute Gasteiger partial charge is 0.265 e. The van der Waals surface area contributed by atoms with Gasteiger partial charge in [0.05, 0.1) is 6.61 Å². The second kappa shape index (κ2) is 5.36. The summed E-state index contributed by atoms with van der Waals surface area (Å²) in [5.74, 6) is 4.73. The van der Waals surface area contributed by atoms with E-state index in [0.717, 1.165) is 5.56 Å². The molecule has 1 aromatic carbocycles. The Kier molecular flexibility index (Phi) is 4.10. The van der Waals surface area contributed by atoms with Crippen LogP contribution in [0.4, 0.5) is 0 Å². The quantitative estimate of drug-likeness (QED) is 0.424. The molecule has 3 N–H and O–H groups in total. The summed E-state index contributed by atoms with van der Waals surface area (Å²) in [6.45, 7) is 3.10. The fraction of sp³-hybridized carbons (Fsp3) is 0.300. The van der Waals surface area contributed by atoms with Gasteiger partial charge in [-0.25, -0.2) is 5.84 Å². The standard InChI is InChI=1S/C10H14N2O2/c1-2-14-7-8-4-3-5-9(6-8)10(13)12-11/h3-6H,2,7,11H2,1H3,(H,12,13). The lowest BCUT2D eigenvalue weighted by atomic mass is 10.1. The molecule has 14 heavy (non-hydrogen) atoms. The molecule has 0 saturated heterocycles. The van der Waals surface area contributed by atoms with Gasteiger partial charge in [0.2, 0.25) is 0 Å². The molecule has 0 spiro atoms. The monoisotopic (exact) mass is 194 g/mol. The van der Waals surface area contributed by atoms with Gasteiger partial charge < -0.3 is 4.74 Å². The van der Waals surface area contributed by atoms with Crippen LogP contribution in [0.1, 0.15) is 22.8 Å². The van der Waals surface area contributed by atoms with E-state index in [1.54, 1.807) is 18.2 Å². The first-order chi connectivity index (χ1) is 6.77. The summed E-state index contributed by atoms with van der Waals surface area (Å²) < 4.78 is 5.22. The van der Waals surface area contributed by atoms with E-state index in [9.17, 15) is 4.79 Å². The number of benzene rings is 1. The minimum atomic E-state index is -0.289. The Labute approximate surface area is 83.0 Å². The minimum Gasteiger partial charge on any atom is -0.377 e. The number of nitrogens with one attached hydrogen (secondary N) is 1. The molecular formula is C10H14N2O2. The zero-order chi connectivity index (χ0) is 10.4. The molecule has 0 radical (unpaired) electrons. The van der Waals surface area contributed by atoms with Crippen molar-refractivity contribution < 1.29 is 9.53 Å². The molecule has 0 atom stereocenters. The van der Waals surface area contributed by atoms with Crippen LogP contribution in [0.5, 0.6) is 0 Å². The van der Waals surface area contributed by atoms with Crippen LogP contribution in [0.25, 0.3) is 0 Å². The van der Waals surface area contributed by atoms with Gasteiger partial charge in [0, 0.05) is 12.2 Å². The maximum absolute atomic E-state index is 11.2. The maximum atomic E-state index is 11.2. The molecule has 0 aromatic heterocycles. The third kappa shape index (κ3) is 2.83. The largest absolute Gasteiger partial charge is 0.377 e. The van der Waals surface area contributed by atoms with Crippen molar-refractivity contribution in [2.45, 2.75) is 13.5 Å². The second-order valence-electron chi connectivity index (χ2n) is 2.81. The van der Waals surface area contributed by atoms with Gasteiger partial charge in [0.15, 0.2) is 0 Å². The van der Waals surface area contributed by atoms with Crippen LogP contribution in [0.2, 0.25) is 0 Å². The molecule has 0 unspecified atom stereocenters. The Balaban J connectivity index is 2.73. The van der Waals surface area contributed by atoms with Gasteiger partial charge >= 0.3 is 0 Å². The number of ether oxygens (including phenoxy) is 1. The molecule has 4 heteroatoms. The molecule has 0 aliphatic heterocycles. The highest BCUT2D eigenvalue weighted by atomic mass is 16.5. The minimum absolute atomic E-state index is 0.289. The Hall–Kier alpha value is -1.39. The molecule has 0 fully saturated rings. The highest BCUT2D eigenvalue weighted by Gasteiger charge is 2.03. The summed E-state index contributed by atoms with van der Waals surface area (Å²) in [4.78, 5) is 11.2. The van der Waals surface area contributed by atoms with Crippen LogP contribution in [0.3, 0.4) is 0 Å². The van der Waals surface area contributed by atoms with Crippen LogP contribution in [0.15, 0.2) is 24.3 Å². The van der Waals surface area contributed by atoms with Crippen molar-refractivity contribution in [3.63, 3.8) is 0 Å². The van der Waals surface area contributed by atoms with Crippen LogP contribution >= 0.6 is 0 Å². The molecule has 0 bridgehead atoms. The van der Waals surface area contributed by atoms with E-state index in [2.05, 4.69) is 5.43 Å². The summed E-state index contributed by atoms with van der Waals surface area (Å²) >= 11 is 0. The van der Waals surface area contributed by atoms with Gasteiger partial charge in [-0.3, -0.25) is 10.2 Å². The van der Waals surface area contributed by atoms with Crippen LogP contribution in [-0.2, 0) is 11.3 Å². The van der Waals surface area contributed by atoms with Crippen LogP contribution in [0, 0.1) is 0 Å². The first-order valence-corrected chi connectivity index (χ1v) is 4.45. The van der Waals surface area contributed by atoms with E-state index in [1.165, 1.54) is 0 Å². The molecule has 0 heterocycles. The Morgan fingerprint density at radius 2 is 2.36 bits per heavy atom. The molecule has 1 aromatic rings. The Bertz CT molecular complexity index is 313. The number of hydrazine groups is 1. The number of carbonyl (C=O) groups excluding carboxylic acids is 1. The Morgan fingerprint density at radius 3 is 3.00 bits per heavy atom. The number of hydrogen-bond donors (Lipinski definition) is 2. The van der Waals surface area contributed by atoms with Gasteiger partial charge in [0.25, 0.3) is 5.91 Å². The zero-order valence-corrected chi connectivity index (χ0v) is 8.12. The van der Waals surface area contributed by atoms with Crippen molar-refractivity contribution in [1.29, 1.82) is 0 Å². The third-order valence-corrected chi connectivity index (χ3v) is 1.79. The number of nitrogen functional groups attached to an aromatic ring is 1. The lowest BCUT2D eigenvalue weighted by molar-refractivity contribution is 0.0953. The fourth-order valence-corrected chi connectivity index (χ4v) is 1.11. The van der Waals surface area contributed by atoms with Gasteiger partial charge in [-0.05, 0) is 24.6 Å². The number of carbonyl (C=O) groups is 1. The van der Waals surface area contributed by atoms with Crippen molar-refractivity contribution in [2.24, 2.45) is 5.84 Å². The summed E-state index contributed by atoms with van der Waals surface area (Å²) in [6, 6.07) is 7.18. The second-order valence-corrected chi connectivity index (χ2v) is 2.81. The van der Waals surface area contributed by atoms with Crippen molar-refractivity contribution in [2.75, 3.05) is 6.61 Å². The summed E-state index contributed by atoms with van der Waals surface area (Å²) in [5, 5.41) is 0. The maximum Gasteiger partial charge on any atom is 0.265 e. The normalized spacial score (nSPS) is 9.86. The molecule has 1 rings (SSSR count). The SMILES string of the molecule is CCOCc1cccc(C(=O)NN)c1. The van der Waals surface area contributed by atoms with Gasteiger partial charge in [-0.2, -0.15) is 0 Å². The van der Waals surface area contributed by atoms with E-state index < -0.39 is 0 Å². The average Bonchev–Trinajstić information content (AvgIpc) is 2.25. The first-order valence-electron chi connectivity index (χ1n) is 4.45. The van der Waals surface area contributed by atoms with E-state index in [1.807, 2.05) is 13.0 Å². The number of amides is 1. The predicted molar refractivity (Wildman–Crippen MR) is 53.4 cm³/mol.